The van der Waals surface area contributed by atoms with Crippen LogP contribution in [0, 0.1) is 0 Å². The van der Waals surface area contributed by atoms with Gasteiger partial charge in [0.25, 0.3) is 0 Å². The van der Waals surface area contributed by atoms with Crippen LogP contribution in [0.5, 0.6) is 0 Å². The van der Waals surface area contributed by atoms with Gasteiger partial charge >= 0.3 is 0 Å². The lowest BCUT2D eigenvalue weighted by atomic mass is 10.1. The zero-order valence-corrected chi connectivity index (χ0v) is 13.7. The maximum absolute atomic E-state index is 12.3. The molecular formula is C18H26N2O2. The first-order valence-corrected chi connectivity index (χ1v) is 8.26. The summed E-state index contributed by atoms with van der Waals surface area (Å²) in [6, 6.07) is 7.88. The van der Waals surface area contributed by atoms with Gasteiger partial charge in [-0.15, -0.1) is 0 Å². The Kier molecular flexibility index (Phi) is 6.13. The molecule has 0 N–H and O–H groups in total. The van der Waals surface area contributed by atoms with Crippen molar-refractivity contribution in [2.24, 2.45) is 0 Å². The first-order chi connectivity index (χ1) is 10.6. The van der Waals surface area contributed by atoms with Gasteiger partial charge in [-0.2, -0.15) is 0 Å². The van der Waals surface area contributed by atoms with E-state index in [4.69, 9.17) is 0 Å². The van der Waals surface area contributed by atoms with Crippen LogP contribution in [0.15, 0.2) is 24.3 Å². The van der Waals surface area contributed by atoms with Crippen LogP contribution in [0.25, 0.3) is 0 Å². The molecule has 1 aliphatic heterocycles. The van der Waals surface area contributed by atoms with E-state index in [0.717, 1.165) is 44.6 Å². The number of nitrogens with zero attached hydrogens (tertiary/aromatic N) is 2. The smallest absolute Gasteiger partial charge is 0.222 e. The molecule has 120 valence electrons. The summed E-state index contributed by atoms with van der Waals surface area (Å²) in [4.78, 5) is 28.2. The van der Waals surface area contributed by atoms with E-state index >= 15 is 0 Å². The van der Waals surface area contributed by atoms with Gasteiger partial charge in [-0.25, -0.2) is 0 Å². The average Bonchev–Trinajstić information content (AvgIpc) is 2.55. The fraction of sp³-hybridized carbons (Fsp3) is 0.556. The molecule has 1 aromatic rings. The van der Waals surface area contributed by atoms with Crippen molar-refractivity contribution in [2.45, 2.75) is 33.1 Å². The minimum atomic E-state index is 0.163. The molecule has 0 saturated carbocycles. The predicted molar refractivity (Wildman–Crippen MR) is 88.1 cm³/mol. The second-order valence-electron chi connectivity index (χ2n) is 5.88. The molecule has 0 atom stereocenters. The number of carbonyl (C=O) groups is 2. The molecule has 22 heavy (non-hydrogen) atoms. The number of hydrogen-bond donors (Lipinski definition) is 0. The third-order valence-electron chi connectivity index (χ3n) is 4.24. The Labute approximate surface area is 133 Å². The summed E-state index contributed by atoms with van der Waals surface area (Å²) < 4.78 is 0. The predicted octanol–water partition coefficient (Wildman–Crippen LogP) is 2.38. The van der Waals surface area contributed by atoms with E-state index < -0.39 is 0 Å². The SMILES string of the molecule is CCCC(=O)N1CCN(CC(=O)c2ccc(CC)cc2)CC1. The molecule has 1 amide bonds. The summed E-state index contributed by atoms with van der Waals surface area (Å²) in [7, 11) is 0. The topological polar surface area (TPSA) is 40.6 Å². The fourth-order valence-electron chi connectivity index (χ4n) is 2.75. The second-order valence-corrected chi connectivity index (χ2v) is 5.88. The van der Waals surface area contributed by atoms with Gasteiger partial charge in [0.05, 0.1) is 6.54 Å². The molecule has 0 radical (unpaired) electrons. The molecule has 0 aromatic heterocycles. The highest BCUT2D eigenvalue weighted by molar-refractivity contribution is 5.97. The molecule has 4 nitrogen and oxygen atoms in total. The zero-order valence-electron chi connectivity index (χ0n) is 13.7. The van der Waals surface area contributed by atoms with Crippen LogP contribution in [0.1, 0.15) is 42.6 Å². The highest BCUT2D eigenvalue weighted by Gasteiger charge is 2.22. The quantitative estimate of drug-likeness (QED) is 0.758. The Hall–Kier alpha value is -1.68. The summed E-state index contributed by atoms with van der Waals surface area (Å²) in [6.45, 7) is 7.62. The molecule has 0 bridgehead atoms. The minimum absolute atomic E-state index is 0.163. The molecule has 1 aliphatic rings. The summed E-state index contributed by atoms with van der Waals surface area (Å²) in [6.07, 6.45) is 2.51. The third-order valence-corrected chi connectivity index (χ3v) is 4.24. The first kappa shape index (κ1) is 16.7. The van der Waals surface area contributed by atoms with Crippen molar-refractivity contribution in [1.82, 2.24) is 9.80 Å². The highest BCUT2D eigenvalue weighted by Crippen LogP contribution is 2.09. The normalized spacial score (nSPS) is 15.8. The summed E-state index contributed by atoms with van der Waals surface area (Å²) in [5.41, 5.74) is 2.03. The van der Waals surface area contributed by atoms with Crippen LogP contribution in [0.3, 0.4) is 0 Å². The van der Waals surface area contributed by atoms with Crippen LogP contribution < -0.4 is 0 Å². The van der Waals surface area contributed by atoms with Gasteiger partial charge in [0, 0.05) is 38.2 Å². The van der Waals surface area contributed by atoms with Crippen molar-refractivity contribution in [3.63, 3.8) is 0 Å². The Morgan fingerprint density at radius 1 is 1.00 bits per heavy atom. The molecule has 0 aliphatic carbocycles. The number of hydrogen-bond acceptors (Lipinski definition) is 3. The monoisotopic (exact) mass is 302 g/mol. The van der Waals surface area contributed by atoms with Crippen LogP contribution in [0.4, 0.5) is 0 Å². The van der Waals surface area contributed by atoms with E-state index in [-0.39, 0.29) is 11.7 Å². The van der Waals surface area contributed by atoms with E-state index in [2.05, 4.69) is 11.8 Å². The highest BCUT2D eigenvalue weighted by atomic mass is 16.2. The number of carbonyl (C=O) groups excluding carboxylic acids is 2. The van der Waals surface area contributed by atoms with E-state index in [1.54, 1.807) is 0 Å². The number of aryl methyl sites for hydroxylation is 1. The average molecular weight is 302 g/mol. The van der Waals surface area contributed by atoms with E-state index in [1.807, 2.05) is 36.1 Å². The van der Waals surface area contributed by atoms with E-state index in [9.17, 15) is 9.59 Å². The number of rotatable bonds is 6. The Balaban J connectivity index is 1.82. The lowest BCUT2D eigenvalue weighted by Gasteiger charge is -2.34. The lowest BCUT2D eigenvalue weighted by Crippen LogP contribution is -2.49. The van der Waals surface area contributed by atoms with E-state index in [1.165, 1.54) is 5.56 Å². The maximum atomic E-state index is 12.3. The summed E-state index contributed by atoms with van der Waals surface area (Å²) in [5, 5.41) is 0. The van der Waals surface area contributed by atoms with Gasteiger partial charge in [0.15, 0.2) is 5.78 Å². The Bertz CT molecular complexity index is 502. The van der Waals surface area contributed by atoms with Gasteiger partial charge in [0.2, 0.25) is 5.91 Å². The van der Waals surface area contributed by atoms with Crippen molar-refractivity contribution < 1.29 is 9.59 Å². The summed E-state index contributed by atoms with van der Waals surface area (Å²) >= 11 is 0. The van der Waals surface area contributed by atoms with Crippen molar-refractivity contribution in [1.29, 1.82) is 0 Å². The molecule has 1 heterocycles. The molecule has 1 fully saturated rings. The van der Waals surface area contributed by atoms with Crippen LogP contribution >= 0.6 is 0 Å². The maximum Gasteiger partial charge on any atom is 0.222 e. The molecule has 1 aromatic carbocycles. The van der Waals surface area contributed by atoms with Gasteiger partial charge in [-0.05, 0) is 18.4 Å². The van der Waals surface area contributed by atoms with Gasteiger partial charge in [-0.3, -0.25) is 14.5 Å². The Morgan fingerprint density at radius 2 is 1.64 bits per heavy atom. The number of ketones is 1. The molecule has 4 heteroatoms. The number of Topliss-reactive ketones (excluding diaryl/α,β-unsaturated/α-hetero) is 1. The third kappa shape index (κ3) is 4.41. The van der Waals surface area contributed by atoms with Crippen molar-refractivity contribution in [3.8, 4) is 0 Å². The zero-order chi connectivity index (χ0) is 15.9. The van der Waals surface area contributed by atoms with Crippen molar-refractivity contribution >= 4 is 11.7 Å². The fourth-order valence-corrected chi connectivity index (χ4v) is 2.75. The van der Waals surface area contributed by atoms with Crippen LogP contribution in [-0.2, 0) is 11.2 Å². The van der Waals surface area contributed by atoms with Gasteiger partial charge in [-0.1, -0.05) is 38.1 Å². The number of amides is 1. The van der Waals surface area contributed by atoms with Crippen LogP contribution in [0.2, 0.25) is 0 Å². The number of benzene rings is 1. The second kappa shape index (κ2) is 8.08. The standard InChI is InChI=1S/C18H26N2O2/c1-3-5-18(22)20-12-10-19(11-13-20)14-17(21)16-8-6-15(4-2)7-9-16/h6-9H,3-5,10-14H2,1-2H3. The molecule has 2 rings (SSSR count). The summed E-state index contributed by atoms with van der Waals surface area (Å²) in [5.74, 6) is 0.402. The lowest BCUT2D eigenvalue weighted by molar-refractivity contribution is -0.132. The molecule has 0 spiro atoms. The molecule has 1 saturated heterocycles. The first-order valence-electron chi connectivity index (χ1n) is 8.26. The largest absolute Gasteiger partial charge is 0.340 e. The Morgan fingerprint density at radius 3 is 2.18 bits per heavy atom. The van der Waals surface area contributed by atoms with Gasteiger partial charge in [0.1, 0.15) is 0 Å². The molecular weight excluding hydrogens is 276 g/mol. The minimum Gasteiger partial charge on any atom is -0.340 e. The van der Waals surface area contributed by atoms with E-state index in [0.29, 0.717) is 13.0 Å². The number of piperazine rings is 1. The molecule has 0 unspecified atom stereocenters. The van der Waals surface area contributed by atoms with Crippen molar-refractivity contribution in [3.05, 3.63) is 35.4 Å². The van der Waals surface area contributed by atoms with Gasteiger partial charge < -0.3 is 4.90 Å². The van der Waals surface area contributed by atoms with Crippen molar-refractivity contribution in [2.75, 3.05) is 32.7 Å². The van der Waals surface area contributed by atoms with Crippen LogP contribution in [-0.4, -0.2) is 54.2 Å².